The third-order valence-corrected chi connectivity index (χ3v) is 2.88. The summed E-state index contributed by atoms with van der Waals surface area (Å²) in [6.07, 6.45) is 2.86. The van der Waals surface area contributed by atoms with Gasteiger partial charge < -0.3 is 10.6 Å². The van der Waals surface area contributed by atoms with Gasteiger partial charge in [-0.1, -0.05) is 13.8 Å². The third kappa shape index (κ3) is 3.29. The van der Waals surface area contributed by atoms with Crippen LogP contribution in [0.4, 0.5) is 0 Å². The zero-order valence-electron chi connectivity index (χ0n) is 9.33. The summed E-state index contributed by atoms with van der Waals surface area (Å²) in [5.41, 5.74) is 5.60. The van der Waals surface area contributed by atoms with Crippen LogP contribution < -0.4 is 5.73 Å². The maximum atomic E-state index is 11.7. The number of piperidine rings is 1. The maximum absolute atomic E-state index is 11.7. The first kappa shape index (κ1) is 11.5. The monoisotopic (exact) mass is 198 g/mol. The second-order valence-electron chi connectivity index (χ2n) is 4.66. The summed E-state index contributed by atoms with van der Waals surface area (Å²) in [6.45, 7) is 6.77. The Morgan fingerprint density at radius 1 is 1.43 bits per heavy atom. The van der Waals surface area contributed by atoms with Gasteiger partial charge in [-0.2, -0.15) is 0 Å². The average Bonchev–Trinajstić information content (AvgIpc) is 2.17. The number of likely N-dealkylation sites (tertiary alicyclic amines) is 1. The average molecular weight is 198 g/mol. The molecule has 1 fully saturated rings. The van der Waals surface area contributed by atoms with E-state index in [0.29, 0.717) is 24.2 Å². The van der Waals surface area contributed by atoms with Crippen LogP contribution in [0.3, 0.4) is 0 Å². The fourth-order valence-electron chi connectivity index (χ4n) is 1.90. The van der Waals surface area contributed by atoms with Crippen LogP contribution in [0.2, 0.25) is 0 Å². The first-order chi connectivity index (χ1) is 6.63. The quantitative estimate of drug-likeness (QED) is 0.741. The largest absolute Gasteiger partial charge is 0.343 e. The lowest BCUT2D eigenvalue weighted by Crippen LogP contribution is -2.40. The number of nitrogens with zero attached hydrogens (tertiary/aromatic N) is 1. The van der Waals surface area contributed by atoms with Crippen molar-refractivity contribution in [1.82, 2.24) is 4.90 Å². The molecule has 3 nitrogen and oxygen atoms in total. The molecule has 1 aliphatic rings. The molecule has 0 bridgehead atoms. The molecule has 0 saturated carbocycles. The van der Waals surface area contributed by atoms with E-state index >= 15 is 0 Å². The molecule has 3 heteroatoms. The molecule has 1 aliphatic heterocycles. The van der Waals surface area contributed by atoms with Gasteiger partial charge in [0, 0.05) is 19.5 Å². The number of nitrogens with two attached hydrogens (primary N) is 1. The van der Waals surface area contributed by atoms with E-state index < -0.39 is 0 Å². The van der Waals surface area contributed by atoms with Crippen molar-refractivity contribution in [3.05, 3.63) is 0 Å². The summed E-state index contributed by atoms with van der Waals surface area (Å²) < 4.78 is 0. The lowest BCUT2D eigenvalue weighted by molar-refractivity contribution is -0.133. The molecule has 0 aromatic rings. The van der Waals surface area contributed by atoms with Gasteiger partial charge in [0.2, 0.25) is 5.91 Å². The van der Waals surface area contributed by atoms with E-state index in [-0.39, 0.29) is 0 Å². The highest BCUT2D eigenvalue weighted by molar-refractivity contribution is 5.76. The van der Waals surface area contributed by atoms with E-state index in [1.54, 1.807) is 0 Å². The number of amides is 1. The topological polar surface area (TPSA) is 46.3 Å². The molecule has 0 unspecified atom stereocenters. The van der Waals surface area contributed by atoms with Crippen molar-refractivity contribution in [3.8, 4) is 0 Å². The van der Waals surface area contributed by atoms with E-state index in [1.165, 1.54) is 0 Å². The van der Waals surface area contributed by atoms with E-state index in [0.717, 1.165) is 32.5 Å². The molecule has 0 aliphatic carbocycles. The van der Waals surface area contributed by atoms with Gasteiger partial charge in [0.25, 0.3) is 0 Å². The molecule has 1 saturated heterocycles. The molecule has 0 atom stereocenters. The minimum absolute atomic E-state index is 0.315. The van der Waals surface area contributed by atoms with Gasteiger partial charge in [-0.3, -0.25) is 4.79 Å². The molecule has 1 heterocycles. The Morgan fingerprint density at radius 2 is 2.00 bits per heavy atom. The summed E-state index contributed by atoms with van der Waals surface area (Å²) in [5.74, 6) is 1.42. The first-order valence-electron chi connectivity index (χ1n) is 5.61. The normalized spacial score (nSPS) is 19.0. The van der Waals surface area contributed by atoms with Gasteiger partial charge in [0.15, 0.2) is 0 Å². The van der Waals surface area contributed by atoms with Crippen LogP contribution in [0.1, 0.15) is 33.1 Å². The van der Waals surface area contributed by atoms with Crippen LogP contribution >= 0.6 is 0 Å². The SMILES string of the molecule is CC(C)CC(=O)N1CCC(CN)CC1. The summed E-state index contributed by atoms with van der Waals surface area (Å²) in [5, 5.41) is 0. The number of hydrogen-bond donors (Lipinski definition) is 1. The molecule has 14 heavy (non-hydrogen) atoms. The summed E-state index contributed by atoms with van der Waals surface area (Å²) in [7, 11) is 0. The van der Waals surface area contributed by atoms with Crippen molar-refractivity contribution in [3.63, 3.8) is 0 Å². The highest BCUT2D eigenvalue weighted by Crippen LogP contribution is 2.17. The van der Waals surface area contributed by atoms with Crippen LogP contribution in [0.15, 0.2) is 0 Å². The zero-order valence-corrected chi connectivity index (χ0v) is 9.33. The summed E-state index contributed by atoms with van der Waals surface area (Å²) in [4.78, 5) is 13.7. The van der Waals surface area contributed by atoms with Crippen molar-refractivity contribution in [2.24, 2.45) is 17.6 Å². The Balaban J connectivity index is 2.30. The smallest absolute Gasteiger partial charge is 0.222 e. The van der Waals surface area contributed by atoms with Crippen molar-refractivity contribution in [2.75, 3.05) is 19.6 Å². The lowest BCUT2D eigenvalue weighted by atomic mass is 9.96. The summed E-state index contributed by atoms with van der Waals surface area (Å²) in [6, 6.07) is 0. The maximum Gasteiger partial charge on any atom is 0.222 e. The van der Waals surface area contributed by atoms with E-state index in [2.05, 4.69) is 13.8 Å². The van der Waals surface area contributed by atoms with E-state index in [9.17, 15) is 4.79 Å². The Bertz CT molecular complexity index is 184. The van der Waals surface area contributed by atoms with Crippen molar-refractivity contribution >= 4 is 5.91 Å². The zero-order chi connectivity index (χ0) is 10.6. The highest BCUT2D eigenvalue weighted by atomic mass is 16.2. The van der Waals surface area contributed by atoms with Crippen LogP contribution in [-0.2, 0) is 4.79 Å². The molecule has 1 rings (SSSR count). The Kier molecular flexibility index (Phi) is 4.39. The molecule has 0 aromatic carbocycles. The van der Waals surface area contributed by atoms with Gasteiger partial charge in [-0.05, 0) is 31.2 Å². The molecular weight excluding hydrogens is 176 g/mol. The van der Waals surface area contributed by atoms with Crippen LogP contribution in [0.25, 0.3) is 0 Å². The number of hydrogen-bond acceptors (Lipinski definition) is 2. The lowest BCUT2D eigenvalue weighted by Gasteiger charge is -2.31. The minimum atomic E-state index is 0.315. The van der Waals surface area contributed by atoms with Crippen LogP contribution in [0.5, 0.6) is 0 Å². The number of carbonyl (C=O) groups excluding carboxylic acids is 1. The van der Waals surface area contributed by atoms with Gasteiger partial charge in [0.05, 0.1) is 0 Å². The number of rotatable bonds is 3. The second kappa shape index (κ2) is 5.35. The van der Waals surface area contributed by atoms with Crippen molar-refractivity contribution < 1.29 is 4.79 Å². The first-order valence-corrected chi connectivity index (χ1v) is 5.61. The molecule has 82 valence electrons. The van der Waals surface area contributed by atoms with Gasteiger partial charge >= 0.3 is 0 Å². The van der Waals surface area contributed by atoms with Gasteiger partial charge in [0.1, 0.15) is 0 Å². The standard InChI is InChI=1S/C11H22N2O/c1-9(2)7-11(14)13-5-3-10(8-12)4-6-13/h9-10H,3-8,12H2,1-2H3. The van der Waals surface area contributed by atoms with Gasteiger partial charge in [-0.25, -0.2) is 0 Å². The van der Waals surface area contributed by atoms with E-state index in [4.69, 9.17) is 5.73 Å². The summed E-state index contributed by atoms with van der Waals surface area (Å²) >= 11 is 0. The fraction of sp³-hybridized carbons (Fsp3) is 0.909. The van der Waals surface area contributed by atoms with Crippen LogP contribution in [0, 0.1) is 11.8 Å². The molecule has 0 radical (unpaired) electrons. The Hall–Kier alpha value is -0.570. The predicted molar refractivity (Wildman–Crippen MR) is 57.8 cm³/mol. The number of carbonyl (C=O) groups is 1. The molecule has 2 N–H and O–H groups in total. The van der Waals surface area contributed by atoms with Crippen molar-refractivity contribution in [1.29, 1.82) is 0 Å². The fourth-order valence-corrected chi connectivity index (χ4v) is 1.90. The predicted octanol–water partition coefficient (Wildman–Crippen LogP) is 1.23. The third-order valence-electron chi connectivity index (χ3n) is 2.88. The van der Waals surface area contributed by atoms with E-state index in [1.807, 2.05) is 4.90 Å². The van der Waals surface area contributed by atoms with Crippen molar-refractivity contribution in [2.45, 2.75) is 33.1 Å². The van der Waals surface area contributed by atoms with Crippen LogP contribution in [-0.4, -0.2) is 30.4 Å². The second-order valence-corrected chi connectivity index (χ2v) is 4.66. The minimum Gasteiger partial charge on any atom is -0.343 e. The Morgan fingerprint density at radius 3 is 2.43 bits per heavy atom. The molecule has 0 aromatic heterocycles. The molecular formula is C11H22N2O. The molecule has 1 amide bonds. The van der Waals surface area contributed by atoms with Gasteiger partial charge in [-0.15, -0.1) is 0 Å². The highest BCUT2D eigenvalue weighted by Gasteiger charge is 2.21. The molecule has 0 spiro atoms. The Labute approximate surface area is 86.6 Å².